The van der Waals surface area contributed by atoms with Gasteiger partial charge in [0.25, 0.3) is 5.91 Å². The van der Waals surface area contributed by atoms with Crippen molar-refractivity contribution in [1.82, 2.24) is 10.2 Å². The van der Waals surface area contributed by atoms with Crippen molar-refractivity contribution in [2.45, 2.75) is 45.8 Å². The van der Waals surface area contributed by atoms with Crippen LogP contribution in [0.1, 0.15) is 33.3 Å². The molecule has 0 saturated carbocycles. The van der Waals surface area contributed by atoms with E-state index in [0.29, 0.717) is 17.3 Å². The summed E-state index contributed by atoms with van der Waals surface area (Å²) >= 11 is 6.09. The van der Waals surface area contributed by atoms with E-state index >= 15 is 0 Å². The van der Waals surface area contributed by atoms with Crippen LogP contribution in [0.25, 0.3) is 0 Å². The summed E-state index contributed by atoms with van der Waals surface area (Å²) in [5, 5.41) is 3.36. The Morgan fingerprint density at radius 2 is 1.68 bits per heavy atom. The van der Waals surface area contributed by atoms with E-state index in [1.807, 2.05) is 51.1 Å². The average molecular weight is 403 g/mol. The van der Waals surface area contributed by atoms with Crippen LogP contribution < -0.4 is 10.1 Å². The van der Waals surface area contributed by atoms with Gasteiger partial charge in [-0.1, -0.05) is 54.1 Å². The zero-order chi connectivity index (χ0) is 20.7. The molecule has 2 aromatic carbocycles. The van der Waals surface area contributed by atoms with Gasteiger partial charge in [0.05, 0.1) is 5.02 Å². The molecule has 1 N–H and O–H groups in total. The summed E-state index contributed by atoms with van der Waals surface area (Å²) in [6, 6.07) is 15.9. The first-order valence-electron chi connectivity index (χ1n) is 9.20. The Kier molecular flexibility index (Phi) is 7.46. The Bertz CT molecular complexity index is 803. The van der Waals surface area contributed by atoms with Crippen LogP contribution in [0.15, 0.2) is 54.6 Å². The number of hydrogen-bond donors (Lipinski definition) is 1. The fourth-order valence-electron chi connectivity index (χ4n) is 2.62. The fraction of sp³-hybridized carbons (Fsp3) is 0.364. The molecule has 2 aromatic rings. The molecule has 0 radical (unpaired) electrons. The molecule has 0 unspecified atom stereocenters. The van der Waals surface area contributed by atoms with Crippen LogP contribution in [-0.2, 0) is 16.1 Å². The van der Waals surface area contributed by atoms with Crippen LogP contribution in [-0.4, -0.2) is 34.9 Å². The van der Waals surface area contributed by atoms with Gasteiger partial charge < -0.3 is 15.0 Å². The molecule has 6 heteroatoms. The number of hydrogen-bond acceptors (Lipinski definition) is 3. The summed E-state index contributed by atoms with van der Waals surface area (Å²) in [7, 11) is 0. The lowest BCUT2D eigenvalue weighted by Crippen LogP contribution is -2.53. The number of rotatable bonds is 7. The number of halogens is 1. The number of nitrogens with zero attached hydrogens (tertiary/aromatic N) is 1. The lowest BCUT2D eigenvalue weighted by molar-refractivity contribution is -0.142. The molecule has 1 atom stereocenters. The van der Waals surface area contributed by atoms with Crippen molar-refractivity contribution < 1.29 is 14.3 Å². The van der Waals surface area contributed by atoms with Gasteiger partial charge in [-0.15, -0.1) is 0 Å². The number of carbonyl (C=O) groups excluding carboxylic acids is 2. The molecule has 0 aliphatic heterocycles. The van der Waals surface area contributed by atoms with Gasteiger partial charge in [-0.2, -0.15) is 0 Å². The number of ether oxygens (including phenoxy) is 1. The standard InChI is InChI=1S/C22H27ClN2O3/c1-16(21(27)24-22(2,3)4)25(14-17-10-6-5-7-11-17)20(26)15-28-19-13-9-8-12-18(19)23/h5-13,16H,14-15H2,1-4H3,(H,24,27)/t16-/m0/s1. The van der Waals surface area contributed by atoms with Crippen molar-refractivity contribution in [3.05, 3.63) is 65.2 Å². The summed E-state index contributed by atoms with van der Waals surface area (Å²) in [5.41, 5.74) is 0.546. The maximum atomic E-state index is 12.9. The molecule has 0 aliphatic rings. The van der Waals surface area contributed by atoms with Crippen molar-refractivity contribution >= 4 is 23.4 Å². The second-order valence-corrected chi connectivity index (χ2v) is 8.05. The predicted molar refractivity (Wildman–Crippen MR) is 111 cm³/mol. The highest BCUT2D eigenvalue weighted by Crippen LogP contribution is 2.23. The molecule has 2 amide bonds. The van der Waals surface area contributed by atoms with E-state index < -0.39 is 6.04 Å². The SMILES string of the molecule is C[C@@H](C(=O)NC(C)(C)C)N(Cc1ccccc1)C(=O)COc1ccccc1Cl. The minimum Gasteiger partial charge on any atom is -0.482 e. The molecule has 28 heavy (non-hydrogen) atoms. The third-order valence-electron chi connectivity index (χ3n) is 4.05. The Hall–Kier alpha value is -2.53. The van der Waals surface area contributed by atoms with Crippen LogP contribution >= 0.6 is 11.6 Å². The molecule has 0 spiro atoms. The molecule has 0 bridgehead atoms. The number of benzene rings is 2. The van der Waals surface area contributed by atoms with Gasteiger partial charge in [0, 0.05) is 12.1 Å². The molecule has 0 saturated heterocycles. The summed E-state index contributed by atoms with van der Waals surface area (Å²) in [5.74, 6) is -0.0705. The zero-order valence-corrected chi connectivity index (χ0v) is 17.5. The maximum Gasteiger partial charge on any atom is 0.261 e. The number of carbonyl (C=O) groups is 2. The van der Waals surface area contributed by atoms with Gasteiger partial charge in [-0.3, -0.25) is 9.59 Å². The highest BCUT2D eigenvalue weighted by molar-refractivity contribution is 6.32. The van der Waals surface area contributed by atoms with Crippen molar-refractivity contribution in [3.63, 3.8) is 0 Å². The van der Waals surface area contributed by atoms with E-state index in [1.54, 1.807) is 31.2 Å². The van der Waals surface area contributed by atoms with Crippen molar-refractivity contribution in [3.8, 4) is 5.75 Å². The van der Waals surface area contributed by atoms with Crippen molar-refractivity contribution in [2.75, 3.05) is 6.61 Å². The first kappa shape index (κ1) is 21.8. The quantitative estimate of drug-likeness (QED) is 0.760. The third kappa shape index (κ3) is 6.57. The predicted octanol–water partition coefficient (Wildman–Crippen LogP) is 4.05. The average Bonchev–Trinajstić information content (AvgIpc) is 2.64. The highest BCUT2D eigenvalue weighted by atomic mass is 35.5. The molecule has 2 rings (SSSR count). The van der Waals surface area contributed by atoms with Crippen LogP contribution in [0.3, 0.4) is 0 Å². The lowest BCUT2D eigenvalue weighted by atomic mass is 10.1. The van der Waals surface area contributed by atoms with Crippen LogP contribution in [0, 0.1) is 0 Å². The van der Waals surface area contributed by atoms with E-state index in [4.69, 9.17) is 16.3 Å². The first-order chi connectivity index (χ1) is 13.2. The summed E-state index contributed by atoms with van der Waals surface area (Å²) in [6.07, 6.45) is 0. The van der Waals surface area contributed by atoms with Gasteiger partial charge in [0.2, 0.25) is 5.91 Å². The summed E-state index contributed by atoms with van der Waals surface area (Å²) < 4.78 is 5.59. The topological polar surface area (TPSA) is 58.6 Å². The van der Waals surface area contributed by atoms with Gasteiger partial charge in [-0.05, 0) is 45.4 Å². The molecule has 0 fully saturated rings. The Labute approximate surface area is 171 Å². The molecule has 150 valence electrons. The fourth-order valence-corrected chi connectivity index (χ4v) is 2.81. The molecule has 0 aromatic heterocycles. The molecule has 0 heterocycles. The van der Waals surface area contributed by atoms with Gasteiger partial charge >= 0.3 is 0 Å². The third-order valence-corrected chi connectivity index (χ3v) is 4.36. The second-order valence-electron chi connectivity index (χ2n) is 7.64. The van der Waals surface area contributed by atoms with Crippen molar-refractivity contribution in [2.24, 2.45) is 0 Å². The first-order valence-corrected chi connectivity index (χ1v) is 9.58. The van der Waals surface area contributed by atoms with Crippen molar-refractivity contribution in [1.29, 1.82) is 0 Å². The minimum absolute atomic E-state index is 0.205. The van der Waals surface area contributed by atoms with E-state index in [0.717, 1.165) is 5.56 Å². The molecule has 5 nitrogen and oxygen atoms in total. The zero-order valence-electron chi connectivity index (χ0n) is 16.7. The van der Waals surface area contributed by atoms with E-state index in [-0.39, 0.29) is 24.0 Å². The highest BCUT2D eigenvalue weighted by Gasteiger charge is 2.28. The monoisotopic (exact) mass is 402 g/mol. The molecular weight excluding hydrogens is 376 g/mol. The van der Waals surface area contributed by atoms with Gasteiger partial charge in [0.1, 0.15) is 11.8 Å². The summed E-state index contributed by atoms with van der Waals surface area (Å²) in [6.45, 7) is 7.54. The molecular formula is C22H27ClN2O3. The lowest BCUT2D eigenvalue weighted by Gasteiger charge is -2.31. The van der Waals surface area contributed by atoms with Crippen LogP contribution in [0.5, 0.6) is 5.75 Å². The minimum atomic E-state index is -0.651. The van der Waals surface area contributed by atoms with Gasteiger partial charge in [0.15, 0.2) is 6.61 Å². The van der Waals surface area contributed by atoms with E-state index in [2.05, 4.69) is 5.32 Å². The Balaban J connectivity index is 2.15. The van der Waals surface area contributed by atoms with E-state index in [9.17, 15) is 9.59 Å². The largest absolute Gasteiger partial charge is 0.482 e. The Morgan fingerprint density at radius 1 is 1.07 bits per heavy atom. The smallest absolute Gasteiger partial charge is 0.261 e. The normalized spacial score (nSPS) is 12.2. The Morgan fingerprint density at radius 3 is 2.29 bits per heavy atom. The number of amides is 2. The molecule has 0 aliphatic carbocycles. The van der Waals surface area contributed by atoms with E-state index in [1.165, 1.54) is 4.90 Å². The van der Waals surface area contributed by atoms with Crippen LogP contribution in [0.2, 0.25) is 5.02 Å². The van der Waals surface area contributed by atoms with Gasteiger partial charge in [-0.25, -0.2) is 0 Å². The number of para-hydroxylation sites is 1. The van der Waals surface area contributed by atoms with Crippen LogP contribution in [0.4, 0.5) is 0 Å². The second kappa shape index (κ2) is 9.60. The number of nitrogens with one attached hydrogen (secondary N) is 1. The summed E-state index contributed by atoms with van der Waals surface area (Å²) in [4.78, 5) is 27.1. The maximum absolute atomic E-state index is 12.9.